The van der Waals surface area contributed by atoms with Crippen LogP contribution in [-0.4, -0.2) is 21.3 Å². The predicted molar refractivity (Wildman–Crippen MR) is 55.4 cm³/mol. The van der Waals surface area contributed by atoms with Gasteiger partial charge in [0.25, 0.3) is 0 Å². The van der Waals surface area contributed by atoms with Crippen LogP contribution in [0.4, 0.5) is 0 Å². The quantitative estimate of drug-likeness (QED) is 0.697. The molecule has 0 saturated heterocycles. The van der Waals surface area contributed by atoms with E-state index in [1.165, 1.54) is 6.26 Å². The highest BCUT2D eigenvalue weighted by Crippen LogP contribution is 2.09. The molecular weight excluding hydrogens is 200 g/mol. The first-order valence-electron chi connectivity index (χ1n) is 4.24. The topological polar surface area (TPSA) is 72.2 Å². The molecule has 4 nitrogen and oxygen atoms in total. The molecule has 0 aliphatic rings. The molecule has 78 valence electrons. The van der Waals surface area contributed by atoms with Gasteiger partial charge in [-0.2, -0.15) is 0 Å². The van der Waals surface area contributed by atoms with E-state index in [2.05, 4.69) is 5.32 Å². The molecule has 0 amide bonds. The first kappa shape index (κ1) is 11.2. The van der Waals surface area contributed by atoms with Crippen LogP contribution in [0.3, 0.4) is 0 Å². The van der Waals surface area contributed by atoms with Crippen molar-refractivity contribution in [1.82, 2.24) is 5.32 Å². The number of nitrogens with one attached hydrogen (secondary N) is 1. The second-order valence-electron chi connectivity index (χ2n) is 3.05. The van der Waals surface area contributed by atoms with Crippen molar-refractivity contribution in [2.24, 2.45) is 5.73 Å². The van der Waals surface area contributed by atoms with Crippen molar-refractivity contribution in [3.05, 3.63) is 29.8 Å². The van der Waals surface area contributed by atoms with Crippen LogP contribution in [0.25, 0.3) is 0 Å². The molecule has 14 heavy (non-hydrogen) atoms. The molecule has 1 aromatic rings. The van der Waals surface area contributed by atoms with E-state index in [1.807, 2.05) is 0 Å². The molecule has 3 N–H and O–H groups in total. The average molecular weight is 214 g/mol. The van der Waals surface area contributed by atoms with E-state index in [9.17, 15) is 8.42 Å². The summed E-state index contributed by atoms with van der Waals surface area (Å²) in [7, 11) is -3.09. The molecule has 0 radical (unpaired) electrons. The SMILES string of the molecule is CS(=O)(=O)c1ccc(CNCN)cc1. The number of rotatable bonds is 4. The van der Waals surface area contributed by atoms with Gasteiger partial charge in [0, 0.05) is 19.5 Å². The van der Waals surface area contributed by atoms with E-state index < -0.39 is 9.84 Å². The molecule has 0 fully saturated rings. The molecule has 1 aromatic carbocycles. The summed E-state index contributed by atoms with van der Waals surface area (Å²) in [5.41, 5.74) is 6.29. The van der Waals surface area contributed by atoms with Crippen molar-refractivity contribution in [3.63, 3.8) is 0 Å². The molecule has 0 unspecified atom stereocenters. The van der Waals surface area contributed by atoms with E-state index in [1.54, 1.807) is 24.3 Å². The second kappa shape index (κ2) is 4.54. The summed E-state index contributed by atoms with van der Waals surface area (Å²) in [4.78, 5) is 0.342. The summed E-state index contributed by atoms with van der Waals surface area (Å²) < 4.78 is 22.2. The largest absolute Gasteiger partial charge is 0.318 e. The summed E-state index contributed by atoms with van der Waals surface area (Å²) in [6.45, 7) is 1.06. The Morgan fingerprint density at radius 1 is 1.29 bits per heavy atom. The van der Waals surface area contributed by atoms with Crippen LogP contribution in [0, 0.1) is 0 Å². The summed E-state index contributed by atoms with van der Waals surface area (Å²) in [6, 6.07) is 6.75. The lowest BCUT2D eigenvalue weighted by Gasteiger charge is -2.03. The zero-order valence-corrected chi connectivity index (χ0v) is 8.84. The van der Waals surface area contributed by atoms with Crippen LogP contribution >= 0.6 is 0 Å². The van der Waals surface area contributed by atoms with Crippen molar-refractivity contribution >= 4 is 9.84 Å². The van der Waals surface area contributed by atoms with Crippen LogP contribution in [0.1, 0.15) is 5.56 Å². The zero-order valence-electron chi connectivity index (χ0n) is 8.03. The van der Waals surface area contributed by atoms with Crippen molar-refractivity contribution in [2.45, 2.75) is 11.4 Å². The molecule has 0 spiro atoms. The monoisotopic (exact) mass is 214 g/mol. The summed E-state index contributed by atoms with van der Waals surface area (Å²) in [5, 5.41) is 2.95. The molecule has 1 rings (SSSR count). The summed E-state index contributed by atoms with van der Waals surface area (Å²) in [5.74, 6) is 0. The van der Waals surface area contributed by atoms with Crippen LogP contribution in [0.2, 0.25) is 0 Å². The maximum Gasteiger partial charge on any atom is 0.175 e. The fourth-order valence-electron chi connectivity index (χ4n) is 1.07. The molecule has 5 heteroatoms. The molecule has 0 aromatic heterocycles. The lowest BCUT2D eigenvalue weighted by atomic mass is 10.2. The van der Waals surface area contributed by atoms with Gasteiger partial charge < -0.3 is 11.1 Å². The Kier molecular flexibility index (Phi) is 3.62. The minimum Gasteiger partial charge on any atom is -0.318 e. The van der Waals surface area contributed by atoms with Gasteiger partial charge in [-0.3, -0.25) is 0 Å². The van der Waals surface area contributed by atoms with E-state index in [4.69, 9.17) is 5.73 Å². The lowest BCUT2D eigenvalue weighted by Crippen LogP contribution is -2.21. The number of hydrogen-bond acceptors (Lipinski definition) is 4. The van der Waals surface area contributed by atoms with Gasteiger partial charge in [0.2, 0.25) is 0 Å². The minimum atomic E-state index is -3.09. The molecule has 0 aliphatic carbocycles. The van der Waals surface area contributed by atoms with Gasteiger partial charge in [0.1, 0.15) is 0 Å². The second-order valence-corrected chi connectivity index (χ2v) is 5.06. The molecule has 0 heterocycles. The third kappa shape index (κ3) is 3.10. The fraction of sp³-hybridized carbons (Fsp3) is 0.333. The van der Waals surface area contributed by atoms with E-state index >= 15 is 0 Å². The third-order valence-electron chi connectivity index (χ3n) is 1.82. The Morgan fingerprint density at radius 3 is 2.29 bits per heavy atom. The first-order chi connectivity index (χ1) is 6.54. The molecular formula is C9H14N2O2S. The van der Waals surface area contributed by atoms with Gasteiger partial charge in [-0.05, 0) is 17.7 Å². The van der Waals surface area contributed by atoms with Crippen molar-refractivity contribution < 1.29 is 8.42 Å². The number of hydrogen-bond donors (Lipinski definition) is 2. The summed E-state index contributed by atoms with van der Waals surface area (Å²) in [6.07, 6.45) is 1.19. The number of benzene rings is 1. The van der Waals surface area contributed by atoms with Crippen molar-refractivity contribution in [3.8, 4) is 0 Å². The van der Waals surface area contributed by atoms with E-state index in [-0.39, 0.29) is 0 Å². The van der Waals surface area contributed by atoms with Crippen LogP contribution in [-0.2, 0) is 16.4 Å². The van der Waals surface area contributed by atoms with Crippen molar-refractivity contribution in [1.29, 1.82) is 0 Å². The van der Waals surface area contributed by atoms with Gasteiger partial charge in [0.15, 0.2) is 9.84 Å². The predicted octanol–water partition coefficient (Wildman–Crippen LogP) is 0.0959. The Balaban J connectivity index is 2.79. The fourth-order valence-corrected chi connectivity index (χ4v) is 1.70. The van der Waals surface area contributed by atoms with Gasteiger partial charge in [-0.15, -0.1) is 0 Å². The Hall–Kier alpha value is -0.910. The highest BCUT2D eigenvalue weighted by Gasteiger charge is 2.05. The highest BCUT2D eigenvalue weighted by molar-refractivity contribution is 7.90. The summed E-state index contributed by atoms with van der Waals surface area (Å²) >= 11 is 0. The van der Waals surface area contributed by atoms with Crippen molar-refractivity contribution in [2.75, 3.05) is 12.9 Å². The van der Waals surface area contributed by atoms with E-state index in [0.717, 1.165) is 5.56 Å². The third-order valence-corrected chi connectivity index (χ3v) is 2.95. The van der Waals surface area contributed by atoms with Crippen LogP contribution < -0.4 is 11.1 Å². The maximum atomic E-state index is 11.1. The normalized spacial score (nSPS) is 11.6. The standard InChI is InChI=1S/C9H14N2O2S/c1-14(12,13)9-4-2-8(3-5-9)6-11-7-10/h2-5,11H,6-7,10H2,1H3. The Bertz CT molecular complexity index is 384. The van der Waals surface area contributed by atoms with Crippen LogP contribution in [0.5, 0.6) is 0 Å². The Labute approximate surface area is 84.0 Å². The number of nitrogens with two attached hydrogens (primary N) is 1. The van der Waals surface area contributed by atoms with Crippen LogP contribution in [0.15, 0.2) is 29.2 Å². The molecule has 0 saturated carbocycles. The maximum absolute atomic E-state index is 11.1. The van der Waals surface area contributed by atoms with Gasteiger partial charge >= 0.3 is 0 Å². The Morgan fingerprint density at radius 2 is 1.86 bits per heavy atom. The average Bonchev–Trinajstić information content (AvgIpc) is 2.14. The lowest BCUT2D eigenvalue weighted by molar-refractivity contribution is 0.602. The smallest absolute Gasteiger partial charge is 0.175 e. The van der Waals surface area contributed by atoms with Gasteiger partial charge in [-0.1, -0.05) is 12.1 Å². The highest BCUT2D eigenvalue weighted by atomic mass is 32.2. The first-order valence-corrected chi connectivity index (χ1v) is 6.13. The van der Waals surface area contributed by atoms with Gasteiger partial charge in [-0.25, -0.2) is 8.42 Å². The minimum absolute atomic E-state index is 0.342. The zero-order chi connectivity index (χ0) is 10.6. The van der Waals surface area contributed by atoms with Gasteiger partial charge in [0.05, 0.1) is 4.90 Å². The molecule has 0 aliphatic heterocycles. The number of sulfone groups is 1. The molecule has 0 bridgehead atoms. The molecule has 0 atom stereocenters. The van der Waals surface area contributed by atoms with E-state index in [0.29, 0.717) is 18.1 Å².